The lowest BCUT2D eigenvalue weighted by molar-refractivity contribution is 0.254. The summed E-state index contributed by atoms with van der Waals surface area (Å²) in [5, 5.41) is 4.33. The average molecular weight is 355 g/mol. The van der Waals surface area contributed by atoms with Gasteiger partial charge in [0.2, 0.25) is 0 Å². The fourth-order valence-corrected chi connectivity index (χ4v) is 2.32. The summed E-state index contributed by atoms with van der Waals surface area (Å²) in [7, 11) is -8.40. The number of carbonyl (C=O) groups excluding carboxylic acids is 1. The van der Waals surface area contributed by atoms with Crippen LogP contribution in [-0.2, 0) is 0 Å². The third kappa shape index (κ3) is 3.73. The Hall–Kier alpha value is -1.03. The third-order valence-corrected chi connectivity index (χ3v) is 3.66. The minimum atomic E-state index is -9.70. The molecule has 18 heavy (non-hydrogen) atoms. The molecule has 0 unspecified atom stereocenters. The van der Waals surface area contributed by atoms with Crippen molar-refractivity contribution in [2.75, 3.05) is 12.4 Å². The van der Waals surface area contributed by atoms with Gasteiger partial charge in [-0.1, -0.05) is 19.4 Å². The van der Waals surface area contributed by atoms with Crippen LogP contribution in [0.1, 0.15) is 0 Å². The monoisotopic (exact) mass is 354 g/mol. The molecule has 0 spiro atoms. The molecule has 0 aliphatic carbocycles. The van der Waals surface area contributed by atoms with Gasteiger partial charge in [0, 0.05) is 11.5 Å². The molecule has 0 heterocycles. The van der Waals surface area contributed by atoms with Crippen molar-refractivity contribution in [3.8, 4) is 0 Å². The summed E-state index contributed by atoms with van der Waals surface area (Å²) < 4.78 is 62.0. The Morgan fingerprint density at radius 2 is 1.78 bits per heavy atom. The summed E-state index contributed by atoms with van der Waals surface area (Å²) >= 11 is 2.69. The lowest BCUT2D eigenvalue weighted by Gasteiger charge is -2.40. The van der Waals surface area contributed by atoms with Crippen molar-refractivity contribution < 1.29 is 24.2 Å². The van der Waals surface area contributed by atoms with Crippen molar-refractivity contribution in [3.05, 3.63) is 22.7 Å². The second kappa shape index (κ2) is 3.73. The number of urea groups is 1. The molecule has 0 fully saturated rings. The van der Waals surface area contributed by atoms with Crippen LogP contribution in [0.3, 0.4) is 0 Å². The molecule has 10 heteroatoms. The molecule has 0 saturated heterocycles. The Kier molecular flexibility index (Phi) is 3.12. The summed E-state index contributed by atoms with van der Waals surface area (Å²) in [4.78, 5) is 8.91. The Morgan fingerprint density at radius 1 is 1.22 bits per heavy atom. The van der Waals surface area contributed by atoms with Crippen molar-refractivity contribution in [1.29, 1.82) is 0 Å². The van der Waals surface area contributed by atoms with Gasteiger partial charge in [-0.15, -0.1) is 0 Å². The summed E-state index contributed by atoms with van der Waals surface area (Å²) in [6.45, 7) is 0. The van der Waals surface area contributed by atoms with E-state index < -0.39 is 21.2 Å². The standard InChI is InChI=1S/C8H8BrF5N2OS/c1-15-8(17)16-7-3-2-5(4-6(7)9)18(10,11,12,13)14/h2-4H,1H3,(H2,15,16,17). The predicted molar refractivity (Wildman–Crippen MR) is 63.6 cm³/mol. The molecule has 2 N–H and O–H groups in total. The van der Waals surface area contributed by atoms with Crippen molar-refractivity contribution >= 4 is 37.9 Å². The number of hydrogen-bond acceptors (Lipinski definition) is 1. The molecule has 1 rings (SSSR count). The van der Waals surface area contributed by atoms with Gasteiger partial charge in [-0.25, -0.2) is 4.79 Å². The Bertz CT molecular complexity index is 503. The lowest BCUT2D eigenvalue weighted by Crippen LogP contribution is -2.24. The van der Waals surface area contributed by atoms with Crippen LogP contribution < -0.4 is 10.6 Å². The molecule has 1 aromatic rings. The first-order valence-electron chi connectivity index (χ1n) is 4.36. The van der Waals surface area contributed by atoms with Gasteiger partial charge in [0.05, 0.1) is 5.69 Å². The molecule has 2 amide bonds. The lowest BCUT2D eigenvalue weighted by atomic mass is 10.3. The van der Waals surface area contributed by atoms with Crippen LogP contribution in [0, 0.1) is 0 Å². The molecule has 0 bridgehead atoms. The highest BCUT2D eigenvalue weighted by atomic mass is 79.9. The van der Waals surface area contributed by atoms with Crippen LogP contribution in [0.15, 0.2) is 27.6 Å². The van der Waals surface area contributed by atoms with E-state index in [9.17, 15) is 24.2 Å². The zero-order valence-electron chi connectivity index (χ0n) is 8.82. The maximum absolute atomic E-state index is 12.5. The number of carbonyl (C=O) groups is 1. The number of anilines is 1. The van der Waals surface area contributed by atoms with E-state index in [0.717, 1.165) is 6.07 Å². The van der Waals surface area contributed by atoms with Crippen LogP contribution in [0.25, 0.3) is 0 Å². The fraction of sp³-hybridized carbons (Fsp3) is 0.125. The minimum absolute atomic E-state index is 0.0556. The largest absolute Gasteiger partial charge is 0.341 e. The topological polar surface area (TPSA) is 41.1 Å². The van der Waals surface area contributed by atoms with E-state index in [1.807, 2.05) is 0 Å². The maximum Gasteiger partial charge on any atom is 0.319 e. The molecule has 0 atom stereocenters. The highest BCUT2D eigenvalue weighted by Crippen LogP contribution is 3.02. The second-order valence-electron chi connectivity index (χ2n) is 3.31. The van der Waals surface area contributed by atoms with Gasteiger partial charge in [-0.3, -0.25) is 0 Å². The van der Waals surface area contributed by atoms with Crippen molar-refractivity contribution in [2.24, 2.45) is 0 Å². The number of nitrogens with one attached hydrogen (secondary N) is 2. The fourth-order valence-electron chi connectivity index (χ4n) is 1.02. The Labute approximate surface area is 108 Å². The molecule has 0 aliphatic rings. The van der Waals surface area contributed by atoms with E-state index in [1.165, 1.54) is 7.05 Å². The zero-order chi connectivity index (χ0) is 14.3. The first-order valence-corrected chi connectivity index (χ1v) is 7.10. The summed E-state index contributed by atoms with van der Waals surface area (Å²) in [6, 6.07) is 0.507. The van der Waals surface area contributed by atoms with Gasteiger partial charge >= 0.3 is 16.3 Å². The Balaban J connectivity index is 3.20. The molecule has 0 aliphatic heterocycles. The molecule has 1 aromatic carbocycles. The SMILES string of the molecule is CNC(=O)Nc1ccc(S(F)(F)(F)(F)F)cc1Br. The van der Waals surface area contributed by atoms with E-state index >= 15 is 0 Å². The van der Waals surface area contributed by atoms with Crippen LogP contribution in [0.2, 0.25) is 0 Å². The van der Waals surface area contributed by atoms with E-state index in [-0.39, 0.29) is 22.3 Å². The highest BCUT2D eigenvalue weighted by molar-refractivity contribution is 9.10. The molecule has 0 saturated carbocycles. The van der Waals surface area contributed by atoms with Gasteiger partial charge in [0.25, 0.3) is 0 Å². The van der Waals surface area contributed by atoms with Crippen LogP contribution in [-0.4, -0.2) is 13.1 Å². The summed E-state index contributed by atoms with van der Waals surface area (Å²) in [5.41, 5.74) is -0.0556. The van der Waals surface area contributed by atoms with Crippen LogP contribution >= 0.6 is 26.2 Å². The minimum Gasteiger partial charge on any atom is -0.341 e. The molecule has 0 radical (unpaired) electrons. The van der Waals surface area contributed by atoms with Gasteiger partial charge in [0.1, 0.15) is 4.90 Å². The molecule has 104 valence electrons. The smallest absolute Gasteiger partial charge is 0.319 e. The third-order valence-electron chi connectivity index (χ3n) is 1.86. The summed E-state index contributed by atoms with van der Waals surface area (Å²) in [5.74, 6) is 0. The van der Waals surface area contributed by atoms with Crippen LogP contribution in [0.4, 0.5) is 29.9 Å². The molecule has 3 nitrogen and oxygen atoms in total. The van der Waals surface area contributed by atoms with Gasteiger partial charge < -0.3 is 10.6 Å². The van der Waals surface area contributed by atoms with Crippen molar-refractivity contribution in [3.63, 3.8) is 0 Å². The zero-order valence-corrected chi connectivity index (χ0v) is 11.2. The van der Waals surface area contributed by atoms with E-state index in [1.54, 1.807) is 0 Å². The van der Waals surface area contributed by atoms with Gasteiger partial charge in [-0.05, 0) is 34.1 Å². The number of rotatable bonds is 2. The number of benzene rings is 1. The normalized spacial score (nSPS) is 15.5. The predicted octanol–water partition coefficient (Wildman–Crippen LogP) is 4.86. The van der Waals surface area contributed by atoms with E-state index in [0.29, 0.717) is 0 Å². The van der Waals surface area contributed by atoms with E-state index in [4.69, 9.17) is 0 Å². The number of halogens is 6. The Morgan fingerprint density at radius 3 is 2.17 bits per heavy atom. The van der Waals surface area contributed by atoms with Crippen molar-refractivity contribution in [2.45, 2.75) is 4.90 Å². The van der Waals surface area contributed by atoms with E-state index in [2.05, 4.69) is 26.6 Å². The summed E-state index contributed by atoms with van der Waals surface area (Å²) in [6.07, 6.45) is 0. The molecular formula is C8H8BrF5N2OS. The van der Waals surface area contributed by atoms with Gasteiger partial charge in [-0.2, -0.15) is 0 Å². The maximum atomic E-state index is 12.5. The first-order chi connectivity index (χ1) is 7.83. The quantitative estimate of drug-likeness (QED) is 0.731. The molecular weight excluding hydrogens is 347 g/mol. The number of hydrogen-bond donors (Lipinski definition) is 2. The number of amides is 2. The highest BCUT2D eigenvalue weighted by Gasteiger charge is 2.65. The molecule has 0 aromatic heterocycles. The van der Waals surface area contributed by atoms with Crippen LogP contribution in [0.5, 0.6) is 0 Å². The van der Waals surface area contributed by atoms with Gasteiger partial charge in [0.15, 0.2) is 0 Å². The second-order valence-corrected chi connectivity index (χ2v) is 6.58. The van der Waals surface area contributed by atoms with Crippen molar-refractivity contribution in [1.82, 2.24) is 5.32 Å². The first kappa shape index (κ1) is 15.0. The average Bonchev–Trinajstić information content (AvgIpc) is 2.17.